The zero-order chi connectivity index (χ0) is 17.8. The summed E-state index contributed by atoms with van der Waals surface area (Å²) >= 11 is 6.08. The molecule has 0 unspecified atom stereocenters. The fourth-order valence-electron chi connectivity index (χ4n) is 2.17. The first kappa shape index (κ1) is 16.8. The van der Waals surface area contributed by atoms with E-state index in [9.17, 15) is 4.79 Å². The number of ether oxygens (including phenoxy) is 1. The van der Waals surface area contributed by atoms with Crippen LogP contribution in [-0.2, 0) is 0 Å². The molecular formula is C17H16ClN5O2. The Morgan fingerprint density at radius 2 is 2.00 bits per heavy atom. The number of amides is 1. The number of hydrogen-bond donors (Lipinski definition) is 3. The molecule has 0 atom stereocenters. The van der Waals surface area contributed by atoms with Gasteiger partial charge in [-0.25, -0.2) is 0 Å². The maximum absolute atomic E-state index is 12.5. The molecule has 0 aliphatic carbocycles. The lowest BCUT2D eigenvalue weighted by Crippen LogP contribution is -2.14. The number of carbonyl (C=O) groups is 1. The van der Waals surface area contributed by atoms with Crippen LogP contribution in [0.25, 0.3) is 0 Å². The second-order valence-electron chi connectivity index (χ2n) is 5.30. The summed E-state index contributed by atoms with van der Waals surface area (Å²) in [6.07, 6.45) is 0. The van der Waals surface area contributed by atoms with E-state index in [0.717, 1.165) is 11.3 Å². The van der Waals surface area contributed by atoms with E-state index >= 15 is 0 Å². The van der Waals surface area contributed by atoms with E-state index in [1.54, 1.807) is 25.3 Å². The van der Waals surface area contributed by atoms with Gasteiger partial charge in [-0.3, -0.25) is 4.79 Å². The summed E-state index contributed by atoms with van der Waals surface area (Å²) in [7, 11) is 1.58. The van der Waals surface area contributed by atoms with Crippen molar-refractivity contribution in [3.8, 4) is 5.75 Å². The van der Waals surface area contributed by atoms with Crippen LogP contribution in [-0.4, -0.2) is 28.4 Å². The molecule has 25 heavy (non-hydrogen) atoms. The van der Waals surface area contributed by atoms with Gasteiger partial charge in [-0.1, -0.05) is 23.7 Å². The van der Waals surface area contributed by atoms with Crippen LogP contribution in [0.2, 0.25) is 5.02 Å². The van der Waals surface area contributed by atoms with Gasteiger partial charge in [0.1, 0.15) is 5.75 Å². The second kappa shape index (κ2) is 7.23. The number of nitrogens with one attached hydrogen (secondary N) is 3. The number of carbonyl (C=O) groups excluding carboxylic acids is 1. The van der Waals surface area contributed by atoms with E-state index in [1.807, 2.05) is 31.2 Å². The van der Waals surface area contributed by atoms with E-state index < -0.39 is 5.91 Å². The van der Waals surface area contributed by atoms with E-state index in [2.05, 4.69) is 26.0 Å². The van der Waals surface area contributed by atoms with Crippen LogP contribution in [0.15, 0.2) is 42.5 Å². The van der Waals surface area contributed by atoms with Crippen LogP contribution in [0, 0.1) is 6.92 Å². The second-order valence-corrected chi connectivity index (χ2v) is 5.70. The number of H-pyrrole nitrogens is 1. The summed E-state index contributed by atoms with van der Waals surface area (Å²) in [6.45, 7) is 1.89. The molecule has 0 bridgehead atoms. The Labute approximate surface area is 149 Å². The lowest BCUT2D eigenvalue weighted by Gasteiger charge is -2.08. The first-order valence-electron chi connectivity index (χ1n) is 7.46. The quantitative estimate of drug-likeness (QED) is 0.646. The van der Waals surface area contributed by atoms with Gasteiger partial charge in [-0.2, -0.15) is 5.21 Å². The minimum absolute atomic E-state index is 0.138. The van der Waals surface area contributed by atoms with Gasteiger partial charge in [-0.05, 0) is 36.8 Å². The Kier molecular flexibility index (Phi) is 4.85. The highest BCUT2D eigenvalue weighted by atomic mass is 35.5. The highest BCUT2D eigenvalue weighted by Gasteiger charge is 2.17. The van der Waals surface area contributed by atoms with Crippen LogP contribution >= 0.6 is 11.6 Å². The van der Waals surface area contributed by atoms with Gasteiger partial charge >= 0.3 is 0 Å². The van der Waals surface area contributed by atoms with Crippen molar-refractivity contribution in [3.63, 3.8) is 0 Å². The minimum Gasteiger partial charge on any atom is -0.497 e. The predicted octanol–water partition coefficient (Wildman–Crippen LogP) is 3.77. The van der Waals surface area contributed by atoms with E-state index in [0.29, 0.717) is 22.3 Å². The summed E-state index contributed by atoms with van der Waals surface area (Å²) in [6, 6.07) is 12.6. The van der Waals surface area contributed by atoms with Gasteiger partial charge in [0, 0.05) is 22.5 Å². The molecule has 0 aliphatic heterocycles. The number of benzene rings is 2. The zero-order valence-electron chi connectivity index (χ0n) is 13.6. The molecule has 128 valence electrons. The van der Waals surface area contributed by atoms with E-state index in [1.165, 1.54) is 0 Å². The Hall–Kier alpha value is -3.06. The normalized spacial score (nSPS) is 10.4. The number of aromatic amines is 1. The van der Waals surface area contributed by atoms with Gasteiger partial charge in [0.2, 0.25) is 0 Å². The zero-order valence-corrected chi connectivity index (χ0v) is 14.4. The molecule has 8 heteroatoms. The molecule has 3 rings (SSSR count). The van der Waals surface area contributed by atoms with Crippen molar-refractivity contribution in [2.45, 2.75) is 6.92 Å². The van der Waals surface area contributed by atoms with E-state index in [4.69, 9.17) is 16.3 Å². The number of halogens is 1. The van der Waals surface area contributed by atoms with E-state index in [-0.39, 0.29) is 5.69 Å². The molecule has 3 aromatic rings. The number of methoxy groups -OCH3 is 1. The van der Waals surface area contributed by atoms with Gasteiger partial charge in [0.15, 0.2) is 11.5 Å². The first-order valence-corrected chi connectivity index (χ1v) is 7.84. The van der Waals surface area contributed by atoms with Crippen LogP contribution < -0.4 is 15.4 Å². The summed E-state index contributed by atoms with van der Waals surface area (Å²) < 4.78 is 5.18. The molecule has 1 heterocycles. The third-order valence-corrected chi connectivity index (χ3v) is 3.93. The van der Waals surface area contributed by atoms with Crippen molar-refractivity contribution >= 4 is 34.7 Å². The van der Waals surface area contributed by atoms with Crippen molar-refractivity contribution in [2.75, 3.05) is 17.7 Å². The maximum Gasteiger partial charge on any atom is 0.280 e. The lowest BCUT2D eigenvalue weighted by molar-refractivity contribution is 0.102. The summed E-state index contributed by atoms with van der Waals surface area (Å²) in [5.74, 6) is 0.594. The molecule has 0 aliphatic rings. The highest BCUT2D eigenvalue weighted by Crippen LogP contribution is 2.23. The first-order chi connectivity index (χ1) is 12.1. The van der Waals surface area contributed by atoms with Crippen molar-refractivity contribution in [1.82, 2.24) is 15.4 Å². The smallest absolute Gasteiger partial charge is 0.280 e. The Bertz CT molecular complexity index is 910. The van der Waals surface area contributed by atoms with Crippen LogP contribution in [0.4, 0.5) is 17.2 Å². The predicted molar refractivity (Wildman–Crippen MR) is 96.8 cm³/mol. The number of hydrogen-bond acceptors (Lipinski definition) is 5. The molecule has 0 spiro atoms. The monoisotopic (exact) mass is 357 g/mol. The topological polar surface area (TPSA) is 91.9 Å². The van der Waals surface area contributed by atoms with Crippen LogP contribution in [0.5, 0.6) is 5.75 Å². The Balaban J connectivity index is 1.78. The summed E-state index contributed by atoms with van der Waals surface area (Å²) in [4.78, 5) is 12.5. The average Bonchev–Trinajstić information content (AvgIpc) is 3.06. The molecule has 0 radical (unpaired) electrons. The molecular weight excluding hydrogens is 342 g/mol. The minimum atomic E-state index is -0.404. The van der Waals surface area contributed by atoms with Gasteiger partial charge in [0.05, 0.1) is 7.11 Å². The molecule has 0 fully saturated rings. The van der Waals surface area contributed by atoms with Crippen molar-refractivity contribution in [1.29, 1.82) is 0 Å². The molecule has 3 N–H and O–H groups in total. The molecule has 1 aromatic heterocycles. The SMILES string of the molecule is COc1cccc(Nc2n[nH]nc2C(=O)Nc2ccc(C)c(Cl)c2)c1. The number of aromatic nitrogens is 3. The van der Waals surface area contributed by atoms with Crippen LogP contribution in [0.1, 0.15) is 16.1 Å². The summed E-state index contributed by atoms with van der Waals surface area (Å²) in [5, 5.41) is 16.7. The highest BCUT2D eigenvalue weighted by molar-refractivity contribution is 6.31. The van der Waals surface area contributed by atoms with Gasteiger partial charge in [0.25, 0.3) is 5.91 Å². The molecule has 1 amide bonds. The fourth-order valence-corrected chi connectivity index (χ4v) is 2.36. The van der Waals surface area contributed by atoms with Gasteiger partial charge in [-0.15, -0.1) is 10.2 Å². The lowest BCUT2D eigenvalue weighted by atomic mass is 10.2. The third kappa shape index (κ3) is 3.89. The van der Waals surface area contributed by atoms with Crippen LogP contribution in [0.3, 0.4) is 0 Å². The Morgan fingerprint density at radius 3 is 2.76 bits per heavy atom. The molecule has 7 nitrogen and oxygen atoms in total. The largest absolute Gasteiger partial charge is 0.497 e. The fraction of sp³-hybridized carbons (Fsp3) is 0.118. The number of anilines is 3. The molecule has 0 saturated heterocycles. The standard InChI is InChI=1S/C17H16ClN5O2/c1-10-6-7-12(9-14(10)18)20-17(24)15-16(22-23-21-15)19-11-4-3-5-13(8-11)25-2/h3-9H,1-2H3,(H,20,24)(H2,19,21,22,23). The van der Waals surface area contributed by atoms with Crippen molar-refractivity contribution in [3.05, 3.63) is 58.7 Å². The van der Waals surface area contributed by atoms with Crippen molar-refractivity contribution in [2.24, 2.45) is 0 Å². The number of nitrogens with zero attached hydrogens (tertiary/aromatic N) is 2. The van der Waals surface area contributed by atoms with Crippen molar-refractivity contribution < 1.29 is 9.53 Å². The average molecular weight is 358 g/mol. The molecule has 2 aromatic carbocycles. The number of aryl methyl sites for hydroxylation is 1. The molecule has 0 saturated carbocycles. The van der Waals surface area contributed by atoms with Gasteiger partial charge < -0.3 is 15.4 Å². The third-order valence-electron chi connectivity index (χ3n) is 3.53. The maximum atomic E-state index is 12.5. The Morgan fingerprint density at radius 1 is 1.16 bits per heavy atom. The number of rotatable bonds is 5. The summed E-state index contributed by atoms with van der Waals surface area (Å²) in [5.41, 5.74) is 2.37.